The van der Waals surface area contributed by atoms with Gasteiger partial charge in [-0.25, -0.2) is 0 Å². The Hall–Kier alpha value is -1.61. The number of alkyl halides is 1. The second-order valence-electron chi connectivity index (χ2n) is 3.48. The highest BCUT2D eigenvalue weighted by Gasteiger charge is 2.26. The van der Waals surface area contributed by atoms with Crippen molar-refractivity contribution in [3.05, 3.63) is 21.5 Å². The second-order valence-corrected chi connectivity index (χ2v) is 4.01. The van der Waals surface area contributed by atoms with Gasteiger partial charge < -0.3 is 0 Å². The molecule has 0 aromatic carbocycles. The number of rotatable bonds is 5. The first-order valence-corrected chi connectivity index (χ1v) is 5.75. The van der Waals surface area contributed by atoms with Gasteiger partial charge >= 0.3 is 5.69 Å². The van der Waals surface area contributed by atoms with Crippen LogP contribution in [0.2, 0.25) is 0 Å². The predicted octanol–water partition coefficient (Wildman–Crippen LogP) is 2.05. The van der Waals surface area contributed by atoms with Gasteiger partial charge in [-0.05, 0) is 12.8 Å². The third kappa shape index (κ3) is 2.74. The van der Waals surface area contributed by atoms with Crippen molar-refractivity contribution in [1.82, 2.24) is 9.78 Å². The molecular weight excluding hydrogens is 244 g/mol. The fourth-order valence-corrected chi connectivity index (χ4v) is 1.82. The molecule has 0 fully saturated rings. The zero-order chi connectivity index (χ0) is 13.0. The van der Waals surface area contributed by atoms with Crippen LogP contribution in [0.3, 0.4) is 0 Å². The summed E-state index contributed by atoms with van der Waals surface area (Å²) in [6.07, 6.45) is 0.966. The van der Waals surface area contributed by atoms with Crippen molar-refractivity contribution in [1.29, 1.82) is 5.26 Å². The van der Waals surface area contributed by atoms with E-state index in [2.05, 4.69) is 5.10 Å². The number of hydrogen-bond donors (Lipinski definition) is 0. The molecule has 1 unspecified atom stereocenters. The van der Waals surface area contributed by atoms with Crippen molar-refractivity contribution < 1.29 is 4.92 Å². The average molecular weight is 257 g/mol. The summed E-state index contributed by atoms with van der Waals surface area (Å²) in [6, 6.07) is 1.88. The average Bonchev–Trinajstić information content (AvgIpc) is 2.66. The Morgan fingerprint density at radius 3 is 2.65 bits per heavy atom. The summed E-state index contributed by atoms with van der Waals surface area (Å²) in [5, 5.41) is 23.0. The van der Waals surface area contributed by atoms with Crippen LogP contribution in [0.15, 0.2) is 0 Å². The highest BCUT2D eigenvalue weighted by molar-refractivity contribution is 6.22. The lowest BCUT2D eigenvalue weighted by molar-refractivity contribution is -0.386. The molecular formula is C10H13ClN4O2. The van der Waals surface area contributed by atoms with Crippen molar-refractivity contribution in [2.45, 2.75) is 38.6 Å². The van der Waals surface area contributed by atoms with E-state index in [1.807, 2.05) is 19.9 Å². The van der Waals surface area contributed by atoms with Gasteiger partial charge in [-0.15, -0.1) is 11.6 Å². The highest BCUT2D eigenvalue weighted by atomic mass is 35.5. The lowest BCUT2D eigenvalue weighted by Crippen LogP contribution is -2.13. The van der Waals surface area contributed by atoms with E-state index >= 15 is 0 Å². The predicted molar refractivity (Wildman–Crippen MR) is 62.9 cm³/mol. The van der Waals surface area contributed by atoms with E-state index < -0.39 is 10.3 Å². The minimum absolute atomic E-state index is 0.0526. The molecule has 92 valence electrons. The van der Waals surface area contributed by atoms with Crippen molar-refractivity contribution in [3.8, 4) is 6.07 Å². The van der Waals surface area contributed by atoms with Crippen LogP contribution >= 0.6 is 11.6 Å². The number of nitro groups is 1. The van der Waals surface area contributed by atoms with Gasteiger partial charge in [0.1, 0.15) is 16.8 Å². The Balaban J connectivity index is 3.23. The monoisotopic (exact) mass is 256 g/mol. The quantitative estimate of drug-likeness (QED) is 0.458. The van der Waals surface area contributed by atoms with Gasteiger partial charge in [0.25, 0.3) is 0 Å². The minimum atomic E-state index is -0.732. The Bertz CT molecular complexity index is 464. The van der Waals surface area contributed by atoms with Crippen LogP contribution in [0.1, 0.15) is 25.2 Å². The Labute approximate surface area is 104 Å². The van der Waals surface area contributed by atoms with Gasteiger partial charge in [0.15, 0.2) is 0 Å². The van der Waals surface area contributed by atoms with Crippen LogP contribution in [0, 0.1) is 21.4 Å². The molecule has 0 saturated carbocycles. The number of aromatic nitrogens is 2. The molecule has 1 rings (SSSR count). The fraction of sp³-hybridized carbons (Fsp3) is 0.600. The number of halogens is 1. The topological polar surface area (TPSA) is 84.8 Å². The zero-order valence-corrected chi connectivity index (χ0v) is 10.4. The first-order valence-electron chi connectivity index (χ1n) is 5.31. The molecule has 7 heteroatoms. The molecule has 0 amide bonds. The van der Waals surface area contributed by atoms with Crippen molar-refractivity contribution in [3.63, 3.8) is 0 Å². The Morgan fingerprint density at radius 1 is 1.59 bits per heavy atom. The van der Waals surface area contributed by atoms with E-state index in [0.29, 0.717) is 24.2 Å². The highest BCUT2D eigenvalue weighted by Crippen LogP contribution is 2.25. The summed E-state index contributed by atoms with van der Waals surface area (Å²) in [6.45, 7) is 3.79. The van der Waals surface area contributed by atoms with Crippen molar-refractivity contribution in [2.75, 3.05) is 0 Å². The largest absolute Gasteiger partial charge is 0.313 e. The molecule has 0 saturated heterocycles. The number of nitriles is 1. The summed E-state index contributed by atoms with van der Waals surface area (Å²) in [7, 11) is 0. The third-order valence-corrected chi connectivity index (χ3v) is 2.66. The second kappa shape index (κ2) is 5.64. The van der Waals surface area contributed by atoms with E-state index in [1.165, 1.54) is 4.68 Å². The third-order valence-electron chi connectivity index (χ3n) is 2.43. The minimum Gasteiger partial charge on any atom is -0.260 e. The van der Waals surface area contributed by atoms with Crippen LogP contribution in [0.25, 0.3) is 0 Å². The lowest BCUT2D eigenvalue weighted by Gasteiger charge is -2.04. The van der Waals surface area contributed by atoms with Crippen LogP contribution in [0.4, 0.5) is 5.69 Å². The molecule has 6 nitrogen and oxygen atoms in total. The van der Waals surface area contributed by atoms with E-state index in [1.54, 1.807) is 0 Å². The summed E-state index contributed by atoms with van der Waals surface area (Å²) < 4.78 is 1.47. The van der Waals surface area contributed by atoms with E-state index in [0.717, 1.165) is 0 Å². The maximum Gasteiger partial charge on any atom is 0.313 e. The lowest BCUT2D eigenvalue weighted by atomic mass is 10.2. The molecule has 1 aromatic rings. The van der Waals surface area contributed by atoms with Gasteiger partial charge in [0.2, 0.25) is 0 Å². The van der Waals surface area contributed by atoms with Gasteiger partial charge in [0.05, 0.1) is 17.5 Å². The van der Waals surface area contributed by atoms with Crippen LogP contribution < -0.4 is 0 Å². The SMILES string of the molecule is CCc1nn(CC(Cl)C#N)c(CC)c1[N+](=O)[O-]. The molecule has 17 heavy (non-hydrogen) atoms. The molecule has 0 aliphatic heterocycles. The Morgan fingerprint density at radius 2 is 2.24 bits per heavy atom. The van der Waals surface area contributed by atoms with Crippen LogP contribution in [-0.2, 0) is 19.4 Å². The molecule has 1 heterocycles. The van der Waals surface area contributed by atoms with Crippen LogP contribution in [0.5, 0.6) is 0 Å². The molecule has 0 aliphatic carbocycles. The standard InChI is InChI=1S/C10H13ClN4O2/c1-3-8-10(15(16)17)9(4-2)14(13-8)6-7(11)5-12/h7H,3-4,6H2,1-2H3. The van der Waals surface area contributed by atoms with E-state index in [9.17, 15) is 10.1 Å². The number of hydrogen-bond acceptors (Lipinski definition) is 4. The number of nitrogens with zero attached hydrogens (tertiary/aromatic N) is 4. The van der Waals surface area contributed by atoms with Gasteiger partial charge in [-0.1, -0.05) is 13.8 Å². The van der Waals surface area contributed by atoms with E-state index in [4.69, 9.17) is 16.9 Å². The normalized spacial score (nSPS) is 12.1. The van der Waals surface area contributed by atoms with Gasteiger partial charge in [0, 0.05) is 0 Å². The summed E-state index contributed by atoms with van der Waals surface area (Å²) in [5.41, 5.74) is 1.01. The first-order chi connectivity index (χ1) is 8.04. The number of aryl methyl sites for hydroxylation is 1. The molecule has 0 radical (unpaired) electrons. The molecule has 1 atom stereocenters. The molecule has 0 N–H and O–H groups in total. The fourth-order valence-electron chi connectivity index (χ4n) is 1.68. The summed E-state index contributed by atoms with van der Waals surface area (Å²) in [4.78, 5) is 10.6. The first kappa shape index (κ1) is 13.5. The maximum atomic E-state index is 11.0. The van der Waals surface area contributed by atoms with E-state index in [-0.39, 0.29) is 12.2 Å². The van der Waals surface area contributed by atoms with Gasteiger partial charge in [-0.2, -0.15) is 10.4 Å². The molecule has 0 spiro atoms. The smallest absolute Gasteiger partial charge is 0.260 e. The van der Waals surface area contributed by atoms with Crippen molar-refractivity contribution in [2.24, 2.45) is 0 Å². The zero-order valence-electron chi connectivity index (χ0n) is 9.68. The Kier molecular flexibility index (Phi) is 4.46. The molecule has 1 aromatic heterocycles. The van der Waals surface area contributed by atoms with Crippen LogP contribution in [-0.4, -0.2) is 20.1 Å². The molecule has 0 aliphatic rings. The van der Waals surface area contributed by atoms with Gasteiger partial charge in [-0.3, -0.25) is 14.8 Å². The van der Waals surface area contributed by atoms with Crippen molar-refractivity contribution >= 4 is 17.3 Å². The molecule has 0 bridgehead atoms. The summed E-state index contributed by atoms with van der Waals surface area (Å²) >= 11 is 5.72. The maximum absolute atomic E-state index is 11.0. The summed E-state index contributed by atoms with van der Waals surface area (Å²) in [5.74, 6) is 0.